The molecule has 0 bridgehead atoms. The molecular formula is C19H24N2O2. The largest absolute Gasteiger partial charge is 0.449 e. The number of hydrogen-bond donors (Lipinski definition) is 0. The number of nitrogens with zero attached hydrogens (tertiary/aromatic N) is 2. The van der Waals surface area contributed by atoms with Gasteiger partial charge in [0.1, 0.15) is 0 Å². The lowest BCUT2D eigenvalue weighted by molar-refractivity contribution is -0.149. The van der Waals surface area contributed by atoms with Crippen LogP contribution in [0.25, 0.3) is 0 Å². The molecule has 1 aromatic rings. The van der Waals surface area contributed by atoms with E-state index in [-0.39, 0.29) is 11.6 Å². The summed E-state index contributed by atoms with van der Waals surface area (Å²) in [6.45, 7) is 1.00. The third-order valence-corrected chi connectivity index (χ3v) is 5.56. The summed E-state index contributed by atoms with van der Waals surface area (Å²) in [5.74, 6) is -0.155. The fraction of sp³-hybridized carbons (Fsp3) is 0.579. The van der Waals surface area contributed by atoms with Crippen LogP contribution in [-0.4, -0.2) is 28.0 Å². The van der Waals surface area contributed by atoms with Crippen molar-refractivity contribution < 1.29 is 9.53 Å². The van der Waals surface area contributed by atoms with Gasteiger partial charge in [0.2, 0.25) is 0 Å². The molecule has 3 heterocycles. The van der Waals surface area contributed by atoms with Gasteiger partial charge < -0.3 is 9.64 Å². The molecule has 0 aromatic carbocycles. The minimum Gasteiger partial charge on any atom is -0.449 e. The Bertz CT molecular complexity index is 605. The van der Waals surface area contributed by atoms with E-state index in [1.807, 2.05) is 18.5 Å². The number of aromatic nitrogens is 1. The number of likely N-dealkylation sites (tertiary alicyclic amines) is 1. The van der Waals surface area contributed by atoms with Crippen molar-refractivity contribution in [1.29, 1.82) is 0 Å². The zero-order valence-corrected chi connectivity index (χ0v) is 13.5. The van der Waals surface area contributed by atoms with Crippen LogP contribution in [0.5, 0.6) is 0 Å². The molecule has 1 spiro atoms. The molecule has 4 nitrogen and oxygen atoms in total. The summed E-state index contributed by atoms with van der Waals surface area (Å²) in [4.78, 5) is 18.8. The Balaban J connectivity index is 1.68. The topological polar surface area (TPSA) is 42.4 Å². The minimum absolute atomic E-state index is 0.155. The summed E-state index contributed by atoms with van der Waals surface area (Å²) in [6, 6.07) is 4.47. The van der Waals surface area contributed by atoms with Crippen LogP contribution in [0, 0.1) is 0 Å². The van der Waals surface area contributed by atoms with Crippen molar-refractivity contribution in [3.05, 3.63) is 41.9 Å². The summed E-state index contributed by atoms with van der Waals surface area (Å²) >= 11 is 0. The van der Waals surface area contributed by atoms with Crippen LogP contribution in [0.2, 0.25) is 0 Å². The molecular weight excluding hydrogens is 288 g/mol. The van der Waals surface area contributed by atoms with Crippen molar-refractivity contribution in [3.8, 4) is 0 Å². The Morgan fingerprint density at radius 1 is 1.17 bits per heavy atom. The van der Waals surface area contributed by atoms with Gasteiger partial charge in [0.15, 0.2) is 5.60 Å². The van der Waals surface area contributed by atoms with Gasteiger partial charge in [0.25, 0.3) is 0 Å². The lowest BCUT2D eigenvalue weighted by Gasteiger charge is -2.45. The number of pyridine rings is 1. The molecule has 0 radical (unpaired) electrons. The van der Waals surface area contributed by atoms with Crippen molar-refractivity contribution in [1.82, 2.24) is 9.88 Å². The quantitative estimate of drug-likeness (QED) is 0.780. The van der Waals surface area contributed by atoms with E-state index < -0.39 is 0 Å². The second-order valence-electron chi connectivity index (χ2n) is 7.00. The van der Waals surface area contributed by atoms with E-state index in [2.05, 4.69) is 16.0 Å². The van der Waals surface area contributed by atoms with Gasteiger partial charge in [-0.15, -0.1) is 0 Å². The molecule has 2 aliphatic heterocycles. The first-order valence-electron chi connectivity index (χ1n) is 8.90. The molecule has 3 aliphatic rings. The maximum atomic E-state index is 12.1. The highest BCUT2D eigenvalue weighted by Crippen LogP contribution is 2.46. The van der Waals surface area contributed by atoms with Crippen molar-refractivity contribution in [3.63, 3.8) is 0 Å². The first-order valence-corrected chi connectivity index (χ1v) is 8.90. The van der Waals surface area contributed by atoms with E-state index >= 15 is 0 Å². The third-order valence-electron chi connectivity index (χ3n) is 5.56. The smallest absolute Gasteiger partial charge is 0.333 e. The van der Waals surface area contributed by atoms with Gasteiger partial charge in [0, 0.05) is 25.0 Å². The zero-order valence-electron chi connectivity index (χ0n) is 13.5. The van der Waals surface area contributed by atoms with Gasteiger partial charge in [-0.1, -0.05) is 12.5 Å². The predicted octanol–water partition coefficient (Wildman–Crippen LogP) is 3.75. The van der Waals surface area contributed by atoms with E-state index in [1.54, 1.807) is 6.08 Å². The molecule has 1 atom stereocenters. The Kier molecular flexibility index (Phi) is 3.83. The molecule has 4 heteroatoms. The van der Waals surface area contributed by atoms with Crippen LogP contribution in [0.4, 0.5) is 0 Å². The number of ether oxygens (including phenoxy) is 1. The molecule has 0 N–H and O–H groups in total. The molecule has 4 rings (SSSR count). The summed E-state index contributed by atoms with van der Waals surface area (Å²) in [6.07, 6.45) is 14.6. The maximum Gasteiger partial charge on any atom is 0.333 e. The van der Waals surface area contributed by atoms with Crippen molar-refractivity contribution in [2.24, 2.45) is 0 Å². The number of carbonyl (C=O) groups excluding carboxylic acids is 1. The van der Waals surface area contributed by atoms with E-state index in [1.165, 1.54) is 24.8 Å². The average Bonchev–Trinajstić information content (AvgIpc) is 2.92. The predicted molar refractivity (Wildman–Crippen MR) is 87.5 cm³/mol. The highest BCUT2D eigenvalue weighted by Gasteiger charge is 2.47. The normalized spacial score (nSPS) is 27.0. The second kappa shape index (κ2) is 5.99. The molecule has 23 heavy (non-hydrogen) atoms. The number of piperidine rings is 1. The summed E-state index contributed by atoms with van der Waals surface area (Å²) in [5.41, 5.74) is 2.03. The summed E-state index contributed by atoms with van der Waals surface area (Å²) in [7, 11) is 0. The van der Waals surface area contributed by atoms with Crippen molar-refractivity contribution in [2.75, 3.05) is 6.54 Å². The first kappa shape index (κ1) is 14.7. The maximum absolute atomic E-state index is 12.1. The van der Waals surface area contributed by atoms with Crippen LogP contribution in [0.3, 0.4) is 0 Å². The summed E-state index contributed by atoms with van der Waals surface area (Å²) < 4.78 is 5.85. The Morgan fingerprint density at radius 3 is 2.83 bits per heavy atom. The van der Waals surface area contributed by atoms with Crippen molar-refractivity contribution in [2.45, 2.75) is 63.0 Å². The fourth-order valence-corrected chi connectivity index (χ4v) is 4.48. The van der Waals surface area contributed by atoms with Crippen LogP contribution in [0.15, 0.2) is 36.3 Å². The molecule has 0 amide bonds. The van der Waals surface area contributed by atoms with Gasteiger partial charge in [-0.25, -0.2) is 4.79 Å². The molecule has 2 fully saturated rings. The lowest BCUT2D eigenvalue weighted by Crippen LogP contribution is -2.44. The standard InChI is InChI=1S/C19H24N2O2/c22-18-13-17(19(23-18)9-3-1-4-10-19)21-12-5-2-8-16(21)15-7-6-11-20-14-15/h6-7,11,13-14,16H,1-5,8-10,12H2/t16-/m1/s1. The van der Waals surface area contributed by atoms with E-state index in [0.29, 0.717) is 6.04 Å². The molecule has 1 aromatic heterocycles. The SMILES string of the molecule is O=C1C=C(N2CCCC[C@@H]2c2cccnc2)C2(CCCCC2)O1. The van der Waals surface area contributed by atoms with Gasteiger partial charge in [-0.05, 0) is 56.6 Å². The van der Waals surface area contributed by atoms with E-state index in [4.69, 9.17) is 4.74 Å². The number of rotatable bonds is 2. The minimum atomic E-state index is -0.354. The van der Waals surface area contributed by atoms with Gasteiger partial charge in [0.05, 0.1) is 11.7 Å². The third kappa shape index (κ3) is 2.64. The second-order valence-corrected chi connectivity index (χ2v) is 7.00. The zero-order chi connectivity index (χ0) is 15.7. The average molecular weight is 312 g/mol. The molecule has 1 saturated carbocycles. The number of esters is 1. The van der Waals surface area contributed by atoms with Gasteiger partial charge in [-0.3, -0.25) is 4.98 Å². The highest BCUT2D eigenvalue weighted by atomic mass is 16.6. The monoisotopic (exact) mass is 312 g/mol. The molecule has 122 valence electrons. The Morgan fingerprint density at radius 2 is 2.04 bits per heavy atom. The number of carbonyl (C=O) groups is 1. The van der Waals surface area contributed by atoms with E-state index in [9.17, 15) is 4.79 Å². The van der Waals surface area contributed by atoms with Crippen LogP contribution in [0.1, 0.15) is 63.0 Å². The Hall–Kier alpha value is -1.84. The molecule has 0 unspecified atom stereocenters. The fourth-order valence-electron chi connectivity index (χ4n) is 4.48. The Labute approximate surface area is 137 Å². The van der Waals surface area contributed by atoms with Crippen LogP contribution >= 0.6 is 0 Å². The van der Waals surface area contributed by atoms with Crippen LogP contribution in [-0.2, 0) is 9.53 Å². The van der Waals surface area contributed by atoms with Crippen molar-refractivity contribution >= 4 is 5.97 Å². The number of hydrogen-bond acceptors (Lipinski definition) is 4. The van der Waals surface area contributed by atoms with Gasteiger partial charge in [-0.2, -0.15) is 0 Å². The van der Waals surface area contributed by atoms with Gasteiger partial charge >= 0.3 is 5.97 Å². The first-order chi connectivity index (χ1) is 11.3. The van der Waals surface area contributed by atoms with E-state index in [0.717, 1.165) is 44.3 Å². The summed E-state index contributed by atoms with van der Waals surface area (Å²) in [5, 5.41) is 0. The molecule has 1 saturated heterocycles. The van der Waals surface area contributed by atoms with Crippen LogP contribution < -0.4 is 0 Å². The highest BCUT2D eigenvalue weighted by molar-refractivity contribution is 5.86. The lowest BCUT2D eigenvalue weighted by atomic mass is 9.81. The molecule has 1 aliphatic carbocycles.